The number of para-hydroxylation sites is 1. The van der Waals surface area contributed by atoms with Crippen LogP contribution in [0, 0.1) is 13.8 Å². The van der Waals surface area contributed by atoms with Gasteiger partial charge in [-0.3, -0.25) is 4.79 Å². The lowest BCUT2D eigenvalue weighted by Gasteiger charge is -2.18. The van der Waals surface area contributed by atoms with Crippen LogP contribution in [0.25, 0.3) is 0 Å². The van der Waals surface area contributed by atoms with Crippen molar-refractivity contribution in [3.05, 3.63) is 41.3 Å². The third kappa shape index (κ3) is 4.05. The molecule has 142 valence electrons. The quantitative estimate of drug-likeness (QED) is 0.846. The summed E-state index contributed by atoms with van der Waals surface area (Å²) in [4.78, 5) is 11.9. The van der Waals surface area contributed by atoms with Crippen LogP contribution in [0.4, 0.5) is 18.9 Å². The molecule has 2 aromatic rings. The highest BCUT2D eigenvalue weighted by molar-refractivity contribution is 7.89. The summed E-state index contributed by atoms with van der Waals surface area (Å²) in [6.07, 6.45) is -4.65. The first kappa shape index (κ1) is 19.9. The Morgan fingerprint density at radius 2 is 1.88 bits per heavy atom. The smallest absolute Gasteiger partial charge is 0.360 e. The van der Waals surface area contributed by atoms with Gasteiger partial charge in [0.1, 0.15) is 10.6 Å². The fourth-order valence-electron chi connectivity index (χ4n) is 2.31. The SMILES string of the molecule is Cc1noc(C)c1S(=O)(=O)N(C)CC(=O)Nc1ccccc1C(F)(F)F. The fraction of sp³-hybridized carbons (Fsp3) is 0.333. The molecule has 11 heteroatoms. The number of hydrogen-bond donors (Lipinski definition) is 1. The lowest BCUT2D eigenvalue weighted by Crippen LogP contribution is -2.35. The van der Waals surface area contributed by atoms with Gasteiger partial charge in [-0.05, 0) is 26.0 Å². The van der Waals surface area contributed by atoms with Gasteiger partial charge in [-0.2, -0.15) is 17.5 Å². The van der Waals surface area contributed by atoms with Crippen LogP contribution in [0.15, 0.2) is 33.7 Å². The van der Waals surface area contributed by atoms with Crippen molar-refractivity contribution in [3.63, 3.8) is 0 Å². The second-order valence-corrected chi connectivity index (χ2v) is 7.49. The highest BCUT2D eigenvalue weighted by Gasteiger charge is 2.34. The molecule has 26 heavy (non-hydrogen) atoms. The van der Waals surface area contributed by atoms with Crippen LogP contribution in [0.2, 0.25) is 0 Å². The number of anilines is 1. The van der Waals surface area contributed by atoms with E-state index in [4.69, 9.17) is 4.52 Å². The van der Waals surface area contributed by atoms with E-state index in [2.05, 4.69) is 10.5 Å². The molecular formula is C15H16F3N3O4S. The van der Waals surface area contributed by atoms with E-state index in [-0.39, 0.29) is 16.3 Å². The molecule has 0 aliphatic heterocycles. The number of aromatic nitrogens is 1. The molecule has 1 N–H and O–H groups in total. The van der Waals surface area contributed by atoms with Crippen LogP contribution < -0.4 is 5.32 Å². The summed E-state index contributed by atoms with van der Waals surface area (Å²) in [5.41, 5.74) is -1.35. The van der Waals surface area contributed by atoms with Crippen molar-refractivity contribution in [2.75, 3.05) is 18.9 Å². The van der Waals surface area contributed by atoms with E-state index >= 15 is 0 Å². The van der Waals surface area contributed by atoms with Crippen molar-refractivity contribution in [1.29, 1.82) is 0 Å². The van der Waals surface area contributed by atoms with Crippen molar-refractivity contribution in [1.82, 2.24) is 9.46 Å². The number of aryl methyl sites for hydroxylation is 2. The maximum Gasteiger partial charge on any atom is 0.418 e. The molecule has 0 bridgehead atoms. The molecule has 0 atom stereocenters. The third-order valence-electron chi connectivity index (χ3n) is 3.51. The first-order valence-electron chi connectivity index (χ1n) is 7.30. The summed E-state index contributed by atoms with van der Waals surface area (Å²) < 4.78 is 69.4. The van der Waals surface area contributed by atoms with Crippen LogP contribution >= 0.6 is 0 Å². The van der Waals surface area contributed by atoms with Gasteiger partial charge in [-0.15, -0.1) is 0 Å². The van der Waals surface area contributed by atoms with Crippen molar-refractivity contribution in [2.45, 2.75) is 24.9 Å². The summed E-state index contributed by atoms with van der Waals surface area (Å²) >= 11 is 0. The normalized spacial score (nSPS) is 12.4. The van der Waals surface area contributed by atoms with Gasteiger partial charge >= 0.3 is 6.18 Å². The Morgan fingerprint density at radius 3 is 2.42 bits per heavy atom. The first-order chi connectivity index (χ1) is 11.9. The topological polar surface area (TPSA) is 92.5 Å². The van der Waals surface area contributed by atoms with Crippen LogP contribution in [0.3, 0.4) is 0 Å². The molecule has 1 heterocycles. The molecule has 1 aromatic heterocycles. The predicted octanol–water partition coefficient (Wildman–Crippen LogP) is 2.57. The zero-order chi connectivity index (χ0) is 19.7. The Morgan fingerprint density at radius 1 is 1.27 bits per heavy atom. The Hall–Kier alpha value is -2.40. The average molecular weight is 391 g/mol. The minimum absolute atomic E-state index is 0.0529. The maximum absolute atomic E-state index is 13.0. The Kier molecular flexibility index (Phi) is 5.42. The summed E-state index contributed by atoms with van der Waals surface area (Å²) in [6.45, 7) is 2.15. The highest BCUT2D eigenvalue weighted by atomic mass is 32.2. The number of alkyl halides is 3. The van der Waals surface area contributed by atoms with Gasteiger partial charge in [-0.25, -0.2) is 8.42 Å². The Labute approximate surface area is 147 Å². The summed E-state index contributed by atoms with van der Waals surface area (Å²) in [7, 11) is -2.95. The molecule has 0 fully saturated rings. The molecule has 1 aromatic carbocycles. The lowest BCUT2D eigenvalue weighted by molar-refractivity contribution is -0.137. The Bertz CT molecular complexity index is 903. The number of likely N-dealkylation sites (N-methyl/N-ethyl adjacent to an activating group) is 1. The molecule has 0 radical (unpaired) electrons. The second kappa shape index (κ2) is 7.08. The van der Waals surface area contributed by atoms with Gasteiger partial charge in [0, 0.05) is 7.05 Å². The number of halogens is 3. The number of carbonyl (C=O) groups is 1. The minimum Gasteiger partial charge on any atom is -0.360 e. The molecule has 7 nitrogen and oxygen atoms in total. The number of nitrogens with one attached hydrogen (secondary N) is 1. The number of amides is 1. The van der Waals surface area contributed by atoms with Crippen LogP contribution in [0.1, 0.15) is 17.0 Å². The molecule has 0 unspecified atom stereocenters. The van der Waals surface area contributed by atoms with Gasteiger partial charge < -0.3 is 9.84 Å². The maximum atomic E-state index is 13.0. The standard InChI is InChI=1S/C15H16F3N3O4S/c1-9-14(10(2)25-20-9)26(23,24)21(3)8-13(22)19-12-7-5-4-6-11(12)15(16,17)18/h4-7H,8H2,1-3H3,(H,19,22). The van der Waals surface area contributed by atoms with E-state index < -0.39 is 39.9 Å². The fourth-order valence-corrected chi connectivity index (χ4v) is 3.72. The molecule has 0 aliphatic carbocycles. The largest absolute Gasteiger partial charge is 0.418 e. The summed E-state index contributed by atoms with van der Waals surface area (Å²) in [6, 6.07) is 4.42. The van der Waals surface area contributed by atoms with Crippen LogP contribution in [-0.2, 0) is 21.0 Å². The van der Waals surface area contributed by atoms with E-state index in [9.17, 15) is 26.4 Å². The van der Waals surface area contributed by atoms with Crippen molar-refractivity contribution >= 4 is 21.6 Å². The third-order valence-corrected chi connectivity index (χ3v) is 5.56. The number of benzene rings is 1. The van der Waals surface area contributed by atoms with Crippen molar-refractivity contribution in [2.24, 2.45) is 0 Å². The van der Waals surface area contributed by atoms with Crippen molar-refractivity contribution in [3.8, 4) is 0 Å². The average Bonchev–Trinajstić information content (AvgIpc) is 2.86. The molecule has 1 amide bonds. The minimum atomic E-state index is -4.65. The zero-order valence-electron chi connectivity index (χ0n) is 14.1. The van der Waals surface area contributed by atoms with E-state index in [1.54, 1.807) is 0 Å². The number of nitrogens with zero attached hydrogens (tertiary/aromatic N) is 2. The first-order valence-corrected chi connectivity index (χ1v) is 8.74. The van der Waals surface area contributed by atoms with Gasteiger partial charge in [-0.1, -0.05) is 17.3 Å². The molecule has 2 rings (SSSR count). The molecule has 0 saturated heterocycles. The van der Waals surface area contributed by atoms with E-state index in [0.29, 0.717) is 4.31 Å². The molecule has 0 spiro atoms. The van der Waals surface area contributed by atoms with E-state index in [0.717, 1.165) is 19.2 Å². The summed E-state index contributed by atoms with van der Waals surface area (Å²) in [5.74, 6) is -0.864. The molecule has 0 aliphatic rings. The lowest BCUT2D eigenvalue weighted by atomic mass is 10.1. The van der Waals surface area contributed by atoms with E-state index in [1.807, 2.05) is 0 Å². The zero-order valence-corrected chi connectivity index (χ0v) is 14.9. The van der Waals surface area contributed by atoms with Crippen molar-refractivity contribution < 1.29 is 30.9 Å². The van der Waals surface area contributed by atoms with E-state index in [1.165, 1.54) is 26.0 Å². The molecule has 0 saturated carbocycles. The summed E-state index contributed by atoms with van der Waals surface area (Å²) in [5, 5.41) is 5.63. The second-order valence-electron chi connectivity index (χ2n) is 5.51. The number of carbonyl (C=O) groups excluding carboxylic acids is 1. The number of rotatable bonds is 5. The van der Waals surface area contributed by atoms with Crippen LogP contribution in [0.5, 0.6) is 0 Å². The van der Waals surface area contributed by atoms with Gasteiger partial charge in [0.05, 0.1) is 17.8 Å². The molecular weight excluding hydrogens is 375 g/mol. The van der Waals surface area contributed by atoms with Gasteiger partial charge in [0.25, 0.3) is 0 Å². The Balaban J connectivity index is 2.19. The highest BCUT2D eigenvalue weighted by Crippen LogP contribution is 2.34. The monoisotopic (exact) mass is 391 g/mol. The number of sulfonamides is 1. The van der Waals surface area contributed by atoms with Gasteiger partial charge in [0.15, 0.2) is 5.76 Å². The van der Waals surface area contributed by atoms with Crippen LogP contribution in [-0.4, -0.2) is 37.4 Å². The number of hydrogen-bond acceptors (Lipinski definition) is 5. The van der Waals surface area contributed by atoms with Gasteiger partial charge in [0.2, 0.25) is 15.9 Å². The predicted molar refractivity (Wildman–Crippen MR) is 85.9 cm³/mol.